The van der Waals surface area contributed by atoms with E-state index in [4.69, 9.17) is 0 Å². The summed E-state index contributed by atoms with van der Waals surface area (Å²) in [4.78, 5) is 18.5. The van der Waals surface area contributed by atoms with E-state index in [9.17, 15) is 9.18 Å². The van der Waals surface area contributed by atoms with Gasteiger partial charge in [-0.2, -0.15) is 5.10 Å². The number of carbonyl (C=O) groups excluding carboxylic acids is 1. The van der Waals surface area contributed by atoms with E-state index in [1.807, 2.05) is 25.1 Å². The van der Waals surface area contributed by atoms with Crippen LogP contribution in [0.15, 0.2) is 60.9 Å². The molecule has 0 radical (unpaired) electrons. The Morgan fingerprint density at radius 2 is 1.92 bits per heavy atom. The first-order valence-electron chi connectivity index (χ1n) is 7.56. The minimum Gasteiger partial charge on any atom is -0.332 e. The summed E-state index contributed by atoms with van der Waals surface area (Å²) >= 11 is 0. The number of carbonyl (C=O) groups is 1. The fourth-order valence-corrected chi connectivity index (χ4v) is 2.35. The average molecular weight is 324 g/mol. The summed E-state index contributed by atoms with van der Waals surface area (Å²) in [6.07, 6.45) is 3.38. The molecule has 3 aromatic rings. The first-order chi connectivity index (χ1) is 11.6. The van der Waals surface area contributed by atoms with Crippen LogP contribution < -0.4 is 0 Å². The monoisotopic (exact) mass is 324 g/mol. The SMILES string of the molecule is CC(c1ccccn1)N(C)C(=O)c1ccn(-c2ccc(F)cc2)n1. The van der Waals surface area contributed by atoms with Crippen molar-refractivity contribution in [1.29, 1.82) is 0 Å². The van der Waals surface area contributed by atoms with Gasteiger partial charge in [-0.15, -0.1) is 0 Å². The van der Waals surface area contributed by atoms with E-state index in [2.05, 4.69) is 10.1 Å². The van der Waals surface area contributed by atoms with Gasteiger partial charge in [0.1, 0.15) is 5.82 Å². The number of aromatic nitrogens is 3. The van der Waals surface area contributed by atoms with Crippen LogP contribution in [0.1, 0.15) is 29.1 Å². The molecule has 1 atom stereocenters. The molecule has 122 valence electrons. The van der Waals surface area contributed by atoms with E-state index in [0.717, 1.165) is 5.69 Å². The van der Waals surface area contributed by atoms with E-state index < -0.39 is 0 Å². The largest absolute Gasteiger partial charge is 0.332 e. The lowest BCUT2D eigenvalue weighted by Gasteiger charge is -2.23. The third-order valence-corrected chi connectivity index (χ3v) is 3.92. The molecule has 24 heavy (non-hydrogen) atoms. The van der Waals surface area contributed by atoms with E-state index in [-0.39, 0.29) is 17.8 Å². The van der Waals surface area contributed by atoms with Crippen LogP contribution in [0, 0.1) is 5.82 Å². The highest BCUT2D eigenvalue weighted by Gasteiger charge is 2.21. The molecule has 0 N–H and O–H groups in total. The molecule has 0 spiro atoms. The van der Waals surface area contributed by atoms with Crippen molar-refractivity contribution in [3.05, 3.63) is 78.1 Å². The number of hydrogen-bond donors (Lipinski definition) is 0. The first-order valence-corrected chi connectivity index (χ1v) is 7.56. The van der Waals surface area contributed by atoms with Crippen LogP contribution in [0.4, 0.5) is 4.39 Å². The highest BCUT2D eigenvalue weighted by Crippen LogP contribution is 2.18. The standard InChI is InChI=1S/C18H17FN4O/c1-13(16-5-3-4-11-20-16)22(2)18(24)17-10-12-23(21-17)15-8-6-14(19)7-9-15/h3-13H,1-2H3. The Balaban J connectivity index is 1.79. The molecule has 3 rings (SSSR count). The number of rotatable bonds is 4. The molecule has 6 heteroatoms. The Morgan fingerprint density at radius 1 is 1.17 bits per heavy atom. The van der Waals surface area contributed by atoms with Gasteiger partial charge in [-0.25, -0.2) is 9.07 Å². The number of amides is 1. The van der Waals surface area contributed by atoms with Gasteiger partial charge < -0.3 is 4.90 Å². The topological polar surface area (TPSA) is 51.0 Å². The van der Waals surface area contributed by atoms with Gasteiger partial charge in [-0.3, -0.25) is 9.78 Å². The minimum atomic E-state index is -0.314. The van der Waals surface area contributed by atoms with E-state index in [0.29, 0.717) is 11.4 Å². The lowest BCUT2D eigenvalue weighted by molar-refractivity contribution is 0.0733. The van der Waals surface area contributed by atoms with Crippen molar-refractivity contribution in [2.45, 2.75) is 13.0 Å². The van der Waals surface area contributed by atoms with E-state index in [1.165, 1.54) is 12.1 Å². The van der Waals surface area contributed by atoms with Crippen molar-refractivity contribution >= 4 is 5.91 Å². The van der Waals surface area contributed by atoms with E-state index in [1.54, 1.807) is 47.2 Å². The van der Waals surface area contributed by atoms with Crippen molar-refractivity contribution in [3.63, 3.8) is 0 Å². The molecular formula is C18H17FN4O. The first kappa shape index (κ1) is 15.9. The summed E-state index contributed by atoms with van der Waals surface area (Å²) in [6.45, 7) is 1.91. The Labute approximate surface area is 139 Å². The summed E-state index contributed by atoms with van der Waals surface area (Å²) < 4.78 is 14.5. The quantitative estimate of drug-likeness (QED) is 0.740. The number of hydrogen-bond acceptors (Lipinski definition) is 3. The van der Waals surface area contributed by atoms with Gasteiger partial charge in [-0.05, 0) is 49.4 Å². The van der Waals surface area contributed by atoms with Crippen molar-refractivity contribution in [2.24, 2.45) is 0 Å². The molecule has 2 aromatic heterocycles. The molecule has 0 aliphatic rings. The lowest BCUT2D eigenvalue weighted by Crippen LogP contribution is -2.30. The van der Waals surface area contributed by atoms with E-state index >= 15 is 0 Å². The smallest absolute Gasteiger partial charge is 0.274 e. The van der Waals surface area contributed by atoms with Crippen LogP contribution in [0.3, 0.4) is 0 Å². The third kappa shape index (κ3) is 3.17. The van der Waals surface area contributed by atoms with Crippen molar-refractivity contribution in [3.8, 4) is 5.69 Å². The normalized spacial score (nSPS) is 12.0. The van der Waals surface area contributed by atoms with Crippen LogP contribution in [-0.4, -0.2) is 32.6 Å². The van der Waals surface area contributed by atoms with Crippen LogP contribution in [0.2, 0.25) is 0 Å². The number of benzene rings is 1. The average Bonchev–Trinajstić information content (AvgIpc) is 3.11. The van der Waals surface area contributed by atoms with Crippen LogP contribution in [0.5, 0.6) is 0 Å². The summed E-state index contributed by atoms with van der Waals surface area (Å²) in [5.41, 5.74) is 1.83. The van der Waals surface area contributed by atoms with Gasteiger partial charge in [0.25, 0.3) is 5.91 Å². The maximum atomic E-state index is 13.0. The Bertz CT molecular complexity index is 830. The number of pyridine rings is 1. The fourth-order valence-electron chi connectivity index (χ4n) is 2.35. The second-order valence-electron chi connectivity index (χ2n) is 5.47. The Kier molecular flexibility index (Phi) is 4.37. The molecule has 0 fully saturated rings. The zero-order valence-electron chi connectivity index (χ0n) is 13.4. The highest BCUT2D eigenvalue weighted by molar-refractivity contribution is 5.92. The van der Waals surface area contributed by atoms with Gasteiger partial charge in [0.15, 0.2) is 5.69 Å². The zero-order valence-corrected chi connectivity index (χ0v) is 13.4. The summed E-state index contributed by atoms with van der Waals surface area (Å²) in [5, 5.41) is 4.29. The van der Waals surface area contributed by atoms with Crippen molar-refractivity contribution in [1.82, 2.24) is 19.7 Å². The number of halogens is 1. The van der Waals surface area contributed by atoms with Gasteiger partial charge in [0.2, 0.25) is 0 Å². The van der Waals surface area contributed by atoms with Gasteiger partial charge in [0.05, 0.1) is 17.4 Å². The molecule has 2 heterocycles. The molecule has 0 aliphatic carbocycles. The van der Waals surface area contributed by atoms with Crippen molar-refractivity contribution < 1.29 is 9.18 Å². The Hall–Kier alpha value is -3.02. The lowest BCUT2D eigenvalue weighted by atomic mass is 10.2. The molecule has 0 saturated heterocycles. The molecule has 5 nitrogen and oxygen atoms in total. The second-order valence-corrected chi connectivity index (χ2v) is 5.47. The predicted octanol–water partition coefficient (Wildman–Crippen LogP) is 3.24. The fraction of sp³-hybridized carbons (Fsp3) is 0.167. The summed E-state index contributed by atoms with van der Waals surface area (Å²) in [6, 6.07) is 13.0. The summed E-state index contributed by atoms with van der Waals surface area (Å²) in [5.74, 6) is -0.514. The van der Waals surface area contributed by atoms with Gasteiger partial charge >= 0.3 is 0 Å². The minimum absolute atomic E-state index is 0.172. The Morgan fingerprint density at radius 3 is 2.58 bits per heavy atom. The second kappa shape index (κ2) is 6.62. The molecule has 0 bridgehead atoms. The number of nitrogens with zero attached hydrogens (tertiary/aromatic N) is 4. The maximum absolute atomic E-state index is 13.0. The molecule has 1 amide bonds. The maximum Gasteiger partial charge on any atom is 0.274 e. The third-order valence-electron chi connectivity index (χ3n) is 3.92. The molecule has 1 aromatic carbocycles. The molecule has 0 aliphatic heterocycles. The van der Waals surface area contributed by atoms with Crippen molar-refractivity contribution in [2.75, 3.05) is 7.05 Å². The molecular weight excluding hydrogens is 307 g/mol. The molecule has 1 unspecified atom stereocenters. The van der Waals surface area contributed by atoms with Crippen LogP contribution in [-0.2, 0) is 0 Å². The van der Waals surface area contributed by atoms with Gasteiger partial charge in [0, 0.05) is 19.4 Å². The predicted molar refractivity (Wildman–Crippen MR) is 88.3 cm³/mol. The molecule has 0 saturated carbocycles. The zero-order chi connectivity index (χ0) is 17.1. The van der Waals surface area contributed by atoms with Crippen LogP contribution in [0.25, 0.3) is 5.69 Å². The van der Waals surface area contributed by atoms with Crippen LogP contribution >= 0.6 is 0 Å². The highest BCUT2D eigenvalue weighted by atomic mass is 19.1. The van der Waals surface area contributed by atoms with Gasteiger partial charge in [-0.1, -0.05) is 6.07 Å². The summed E-state index contributed by atoms with van der Waals surface area (Å²) in [7, 11) is 1.72.